The topological polar surface area (TPSA) is 67.9 Å². The minimum absolute atomic E-state index is 0.0849. The Hall–Kier alpha value is -3.02. The van der Waals surface area contributed by atoms with Crippen LogP contribution in [0.15, 0.2) is 42.5 Å². The highest BCUT2D eigenvalue weighted by atomic mass is 16.5. The molecule has 0 bridgehead atoms. The normalized spacial score (nSPS) is 10.2. The number of hydrogen-bond donors (Lipinski definition) is 1. The number of carbonyl (C=O) groups excluding carboxylic acids is 2. The number of nitrogens with zero attached hydrogens (tertiary/aromatic N) is 1. The molecular formula is C20H24N2O4. The van der Waals surface area contributed by atoms with E-state index in [0.29, 0.717) is 30.2 Å². The standard InChI is InChI=1S/C20H24N2O4/c1-14(23)21-12-15-5-7-16(8-6-15)20(24)22(2)13-17-9-10-18(25-3)11-19(17)26-4/h5-11H,12-13H2,1-4H3,(H,21,23). The van der Waals surface area contributed by atoms with Crippen molar-refractivity contribution >= 4 is 11.8 Å². The Balaban J connectivity index is 2.06. The van der Waals surface area contributed by atoms with Gasteiger partial charge in [0.1, 0.15) is 11.5 Å². The molecule has 0 saturated carbocycles. The molecule has 0 unspecified atom stereocenters. The molecule has 0 atom stereocenters. The van der Waals surface area contributed by atoms with Gasteiger partial charge in [-0.25, -0.2) is 0 Å². The lowest BCUT2D eigenvalue weighted by Gasteiger charge is -2.19. The van der Waals surface area contributed by atoms with Crippen molar-refractivity contribution in [1.29, 1.82) is 0 Å². The smallest absolute Gasteiger partial charge is 0.253 e. The van der Waals surface area contributed by atoms with Crippen molar-refractivity contribution in [2.75, 3.05) is 21.3 Å². The fraction of sp³-hybridized carbons (Fsp3) is 0.300. The van der Waals surface area contributed by atoms with E-state index < -0.39 is 0 Å². The van der Waals surface area contributed by atoms with Gasteiger partial charge in [-0.2, -0.15) is 0 Å². The Morgan fingerprint density at radius 3 is 2.31 bits per heavy atom. The molecule has 0 spiro atoms. The number of methoxy groups -OCH3 is 2. The van der Waals surface area contributed by atoms with Gasteiger partial charge in [0, 0.05) is 44.3 Å². The van der Waals surface area contributed by atoms with Crippen LogP contribution in [0.1, 0.15) is 28.4 Å². The molecule has 2 aromatic carbocycles. The lowest BCUT2D eigenvalue weighted by molar-refractivity contribution is -0.119. The van der Waals surface area contributed by atoms with E-state index in [1.807, 2.05) is 24.3 Å². The summed E-state index contributed by atoms with van der Waals surface area (Å²) in [6, 6.07) is 12.7. The number of amides is 2. The third-order valence-electron chi connectivity index (χ3n) is 3.99. The first-order chi connectivity index (χ1) is 12.4. The molecule has 1 N–H and O–H groups in total. The molecule has 0 aliphatic carbocycles. The van der Waals surface area contributed by atoms with Crippen LogP contribution in [0.2, 0.25) is 0 Å². The van der Waals surface area contributed by atoms with Crippen molar-refractivity contribution in [3.8, 4) is 11.5 Å². The van der Waals surface area contributed by atoms with E-state index >= 15 is 0 Å². The van der Waals surface area contributed by atoms with Gasteiger partial charge in [0.25, 0.3) is 5.91 Å². The molecule has 0 saturated heterocycles. The van der Waals surface area contributed by atoms with E-state index in [0.717, 1.165) is 11.1 Å². The number of ether oxygens (including phenoxy) is 2. The summed E-state index contributed by atoms with van der Waals surface area (Å²) in [5, 5.41) is 2.73. The minimum Gasteiger partial charge on any atom is -0.497 e. The van der Waals surface area contributed by atoms with E-state index in [4.69, 9.17) is 9.47 Å². The van der Waals surface area contributed by atoms with Gasteiger partial charge in [0.15, 0.2) is 0 Å². The Kier molecular flexibility index (Phi) is 6.60. The van der Waals surface area contributed by atoms with Crippen LogP contribution >= 0.6 is 0 Å². The van der Waals surface area contributed by atoms with Crippen molar-refractivity contribution in [2.24, 2.45) is 0 Å². The monoisotopic (exact) mass is 356 g/mol. The van der Waals surface area contributed by atoms with Crippen molar-refractivity contribution < 1.29 is 19.1 Å². The van der Waals surface area contributed by atoms with Crippen molar-refractivity contribution in [2.45, 2.75) is 20.0 Å². The molecule has 0 radical (unpaired) electrons. The summed E-state index contributed by atoms with van der Waals surface area (Å²) in [5.74, 6) is 1.20. The lowest BCUT2D eigenvalue weighted by atomic mass is 10.1. The molecule has 0 heterocycles. The number of rotatable bonds is 7. The van der Waals surface area contributed by atoms with E-state index in [1.165, 1.54) is 6.92 Å². The molecule has 26 heavy (non-hydrogen) atoms. The van der Waals surface area contributed by atoms with Crippen molar-refractivity contribution in [3.05, 3.63) is 59.2 Å². The molecule has 2 rings (SSSR count). The molecule has 0 aliphatic heterocycles. The maximum Gasteiger partial charge on any atom is 0.253 e. The highest BCUT2D eigenvalue weighted by molar-refractivity contribution is 5.94. The molecule has 2 amide bonds. The molecule has 2 aromatic rings. The first-order valence-electron chi connectivity index (χ1n) is 8.24. The molecule has 138 valence electrons. The quantitative estimate of drug-likeness (QED) is 0.828. The van der Waals surface area contributed by atoms with Crippen LogP contribution < -0.4 is 14.8 Å². The highest BCUT2D eigenvalue weighted by Crippen LogP contribution is 2.25. The van der Waals surface area contributed by atoms with Gasteiger partial charge in [-0.3, -0.25) is 9.59 Å². The molecule has 6 nitrogen and oxygen atoms in total. The van der Waals surface area contributed by atoms with Gasteiger partial charge in [-0.15, -0.1) is 0 Å². The molecule has 6 heteroatoms. The third kappa shape index (κ3) is 4.99. The van der Waals surface area contributed by atoms with Gasteiger partial charge in [0.05, 0.1) is 14.2 Å². The fourth-order valence-corrected chi connectivity index (χ4v) is 2.52. The summed E-state index contributed by atoms with van der Waals surface area (Å²) in [4.78, 5) is 25.2. The first-order valence-corrected chi connectivity index (χ1v) is 8.24. The van der Waals surface area contributed by atoms with Crippen LogP contribution in [0.5, 0.6) is 11.5 Å². The predicted octanol–water partition coefficient (Wildman–Crippen LogP) is 2.61. The second-order valence-corrected chi connectivity index (χ2v) is 5.95. The summed E-state index contributed by atoms with van der Waals surface area (Å²) in [6.45, 7) is 2.34. The van der Waals surface area contributed by atoms with Crippen LogP contribution in [0, 0.1) is 0 Å². The largest absolute Gasteiger partial charge is 0.497 e. The predicted molar refractivity (Wildman–Crippen MR) is 99.3 cm³/mol. The van der Waals surface area contributed by atoms with Gasteiger partial charge in [-0.1, -0.05) is 12.1 Å². The number of benzene rings is 2. The maximum absolute atomic E-state index is 12.6. The first kappa shape index (κ1) is 19.3. The molecule has 0 aliphatic rings. The molecule has 0 fully saturated rings. The van der Waals surface area contributed by atoms with Gasteiger partial charge in [-0.05, 0) is 29.8 Å². The van der Waals surface area contributed by atoms with Gasteiger partial charge >= 0.3 is 0 Å². The maximum atomic E-state index is 12.6. The van der Waals surface area contributed by atoms with Crippen LogP contribution in [0.25, 0.3) is 0 Å². The summed E-state index contributed by atoms with van der Waals surface area (Å²) < 4.78 is 10.6. The Morgan fingerprint density at radius 2 is 1.73 bits per heavy atom. The zero-order valence-electron chi connectivity index (χ0n) is 15.5. The Bertz CT molecular complexity index is 772. The van der Waals surface area contributed by atoms with E-state index in [2.05, 4.69) is 5.32 Å². The van der Waals surface area contributed by atoms with Crippen molar-refractivity contribution in [3.63, 3.8) is 0 Å². The van der Waals surface area contributed by atoms with Gasteiger partial charge in [0.2, 0.25) is 5.91 Å². The van der Waals surface area contributed by atoms with Crippen LogP contribution in [-0.2, 0) is 17.9 Å². The van der Waals surface area contributed by atoms with Crippen LogP contribution in [-0.4, -0.2) is 38.0 Å². The average Bonchev–Trinajstić information content (AvgIpc) is 2.66. The zero-order valence-corrected chi connectivity index (χ0v) is 15.5. The summed E-state index contributed by atoms with van der Waals surface area (Å²) in [5.41, 5.74) is 2.43. The fourth-order valence-electron chi connectivity index (χ4n) is 2.52. The number of hydrogen-bond acceptors (Lipinski definition) is 4. The molecule has 0 aromatic heterocycles. The minimum atomic E-state index is -0.0889. The van der Waals surface area contributed by atoms with Crippen LogP contribution in [0.3, 0.4) is 0 Å². The summed E-state index contributed by atoms with van der Waals surface area (Å²) >= 11 is 0. The third-order valence-corrected chi connectivity index (χ3v) is 3.99. The lowest BCUT2D eigenvalue weighted by Crippen LogP contribution is -2.26. The van der Waals surface area contributed by atoms with Gasteiger partial charge < -0.3 is 19.7 Å². The van der Waals surface area contributed by atoms with E-state index in [9.17, 15) is 9.59 Å². The summed E-state index contributed by atoms with van der Waals surface area (Å²) in [6.07, 6.45) is 0. The Labute approximate surface area is 153 Å². The van der Waals surface area contributed by atoms with Crippen molar-refractivity contribution in [1.82, 2.24) is 10.2 Å². The van der Waals surface area contributed by atoms with E-state index in [1.54, 1.807) is 44.4 Å². The van der Waals surface area contributed by atoms with E-state index in [-0.39, 0.29) is 11.8 Å². The second-order valence-electron chi connectivity index (χ2n) is 5.95. The SMILES string of the molecule is COc1ccc(CN(C)C(=O)c2ccc(CNC(C)=O)cc2)c(OC)c1. The Morgan fingerprint density at radius 1 is 1.04 bits per heavy atom. The second kappa shape index (κ2) is 8.89. The average molecular weight is 356 g/mol. The highest BCUT2D eigenvalue weighted by Gasteiger charge is 2.14. The zero-order chi connectivity index (χ0) is 19.1. The van der Waals surface area contributed by atoms with Crippen LogP contribution in [0.4, 0.5) is 0 Å². The molecular weight excluding hydrogens is 332 g/mol. The number of nitrogens with one attached hydrogen (secondary N) is 1. The summed E-state index contributed by atoms with van der Waals surface area (Å²) in [7, 11) is 4.94. The number of carbonyl (C=O) groups is 2.